The fourth-order valence-electron chi connectivity index (χ4n) is 3.74. The second-order valence-corrected chi connectivity index (χ2v) is 6.92. The molecule has 6 nitrogen and oxygen atoms in total. The molecule has 1 aromatic heterocycles. The van der Waals surface area contributed by atoms with Crippen LogP contribution in [0.25, 0.3) is 10.9 Å². The van der Waals surface area contributed by atoms with Crippen LogP contribution in [0.15, 0.2) is 24.3 Å². The van der Waals surface area contributed by atoms with Crippen LogP contribution in [0.2, 0.25) is 0 Å². The molecule has 1 atom stereocenters. The standard InChI is InChI=1S/C15H17N3O2.C5H11N/c1-9(19)18-8-13-11(7-14(18)15(20)16-2)10-5-3-4-6-12(10)17-13;1-2-4-6-5-3-1/h3-6,14,17H,7-8H2,1-2H3,(H,16,20);6H,1-5H2. The highest BCUT2D eigenvalue weighted by molar-refractivity contribution is 5.91. The summed E-state index contributed by atoms with van der Waals surface area (Å²) in [6.45, 7) is 4.46. The Kier molecular flexibility index (Phi) is 5.93. The van der Waals surface area contributed by atoms with E-state index in [4.69, 9.17) is 0 Å². The zero-order valence-electron chi connectivity index (χ0n) is 15.6. The molecule has 2 aromatic rings. The number of carbonyl (C=O) groups excluding carboxylic acids is 2. The number of likely N-dealkylation sites (N-methyl/N-ethyl adjacent to an activating group) is 1. The molecule has 4 rings (SSSR count). The van der Waals surface area contributed by atoms with Gasteiger partial charge in [0.25, 0.3) is 0 Å². The van der Waals surface area contributed by atoms with Gasteiger partial charge in [0.1, 0.15) is 6.04 Å². The van der Waals surface area contributed by atoms with Gasteiger partial charge < -0.3 is 20.5 Å². The van der Waals surface area contributed by atoms with E-state index in [0.717, 1.165) is 22.2 Å². The Labute approximate surface area is 154 Å². The summed E-state index contributed by atoms with van der Waals surface area (Å²) in [6, 6.07) is 7.60. The third-order valence-corrected chi connectivity index (χ3v) is 5.16. The number of para-hydroxylation sites is 1. The van der Waals surface area contributed by atoms with Crippen LogP contribution >= 0.6 is 0 Å². The predicted octanol–water partition coefficient (Wildman–Crippen LogP) is 1.95. The molecule has 6 heteroatoms. The maximum absolute atomic E-state index is 12.0. The molecule has 1 aromatic carbocycles. The Morgan fingerprint density at radius 3 is 2.46 bits per heavy atom. The quantitative estimate of drug-likeness (QED) is 0.731. The number of aromatic amines is 1. The molecule has 0 spiro atoms. The van der Waals surface area contributed by atoms with Gasteiger partial charge in [-0.2, -0.15) is 0 Å². The van der Waals surface area contributed by atoms with Crippen LogP contribution in [0, 0.1) is 0 Å². The molecule has 2 aliphatic heterocycles. The number of piperidine rings is 1. The first-order valence-corrected chi connectivity index (χ1v) is 9.39. The number of benzene rings is 1. The first-order valence-electron chi connectivity index (χ1n) is 9.39. The maximum atomic E-state index is 12.0. The van der Waals surface area contributed by atoms with Crippen molar-refractivity contribution in [3.63, 3.8) is 0 Å². The number of hydrogen-bond acceptors (Lipinski definition) is 3. The second-order valence-electron chi connectivity index (χ2n) is 6.92. The Balaban J connectivity index is 0.000000278. The highest BCUT2D eigenvalue weighted by atomic mass is 16.2. The molecule has 0 aliphatic carbocycles. The van der Waals surface area contributed by atoms with Crippen LogP contribution in [0.3, 0.4) is 0 Å². The van der Waals surface area contributed by atoms with E-state index in [-0.39, 0.29) is 11.8 Å². The summed E-state index contributed by atoms with van der Waals surface area (Å²) in [4.78, 5) is 28.8. The Bertz CT molecular complexity index is 768. The largest absolute Gasteiger partial charge is 0.357 e. The molecule has 3 heterocycles. The lowest BCUT2D eigenvalue weighted by molar-refractivity contribution is -0.140. The zero-order chi connectivity index (χ0) is 18.5. The zero-order valence-corrected chi connectivity index (χ0v) is 15.6. The summed E-state index contributed by atoms with van der Waals surface area (Å²) >= 11 is 0. The number of nitrogens with one attached hydrogen (secondary N) is 3. The van der Waals surface area contributed by atoms with Gasteiger partial charge in [-0.3, -0.25) is 9.59 Å². The van der Waals surface area contributed by atoms with E-state index >= 15 is 0 Å². The van der Waals surface area contributed by atoms with Gasteiger partial charge in [0.05, 0.1) is 6.54 Å². The van der Waals surface area contributed by atoms with Gasteiger partial charge in [0, 0.05) is 37.0 Å². The Morgan fingerprint density at radius 2 is 1.88 bits per heavy atom. The molecule has 140 valence electrons. The van der Waals surface area contributed by atoms with Gasteiger partial charge in [0.2, 0.25) is 11.8 Å². The highest BCUT2D eigenvalue weighted by Crippen LogP contribution is 2.30. The third kappa shape index (κ3) is 3.90. The van der Waals surface area contributed by atoms with E-state index in [1.807, 2.05) is 18.2 Å². The van der Waals surface area contributed by atoms with E-state index in [1.165, 1.54) is 39.3 Å². The first kappa shape index (κ1) is 18.5. The van der Waals surface area contributed by atoms with Gasteiger partial charge in [-0.15, -0.1) is 0 Å². The maximum Gasteiger partial charge on any atom is 0.242 e. The van der Waals surface area contributed by atoms with Crippen LogP contribution in [0.5, 0.6) is 0 Å². The average molecular weight is 356 g/mol. The van der Waals surface area contributed by atoms with E-state index in [9.17, 15) is 9.59 Å². The molecule has 1 unspecified atom stereocenters. The number of H-pyrrole nitrogens is 1. The molecular weight excluding hydrogens is 328 g/mol. The lowest BCUT2D eigenvalue weighted by Gasteiger charge is -2.33. The van der Waals surface area contributed by atoms with Crippen molar-refractivity contribution in [1.82, 2.24) is 20.5 Å². The number of rotatable bonds is 1. The monoisotopic (exact) mass is 356 g/mol. The van der Waals surface area contributed by atoms with Gasteiger partial charge >= 0.3 is 0 Å². The van der Waals surface area contributed by atoms with Gasteiger partial charge in [-0.05, 0) is 37.6 Å². The molecular formula is C20H28N4O2. The number of aromatic nitrogens is 1. The van der Waals surface area contributed by atoms with E-state index in [1.54, 1.807) is 11.9 Å². The minimum Gasteiger partial charge on any atom is -0.357 e. The Morgan fingerprint density at radius 1 is 1.15 bits per heavy atom. The second kappa shape index (κ2) is 8.36. The molecule has 26 heavy (non-hydrogen) atoms. The van der Waals surface area contributed by atoms with Crippen molar-refractivity contribution in [3.8, 4) is 0 Å². The number of carbonyl (C=O) groups is 2. The van der Waals surface area contributed by atoms with Gasteiger partial charge in [-0.1, -0.05) is 24.6 Å². The number of nitrogens with zero attached hydrogens (tertiary/aromatic N) is 1. The lowest BCUT2D eigenvalue weighted by atomic mass is 9.96. The van der Waals surface area contributed by atoms with Crippen LogP contribution in [-0.2, 0) is 22.6 Å². The molecule has 2 amide bonds. The van der Waals surface area contributed by atoms with Crippen molar-refractivity contribution >= 4 is 22.7 Å². The SMILES string of the molecule is C1CCNCC1.CNC(=O)C1Cc2c([nH]c3ccccc23)CN1C(C)=O. The summed E-state index contributed by atoms with van der Waals surface area (Å²) in [7, 11) is 1.60. The van der Waals surface area contributed by atoms with Crippen molar-refractivity contribution in [2.75, 3.05) is 20.1 Å². The minimum atomic E-state index is -0.427. The van der Waals surface area contributed by atoms with Gasteiger partial charge in [0.15, 0.2) is 0 Å². The Hall–Kier alpha value is -2.34. The number of hydrogen-bond donors (Lipinski definition) is 3. The smallest absolute Gasteiger partial charge is 0.242 e. The number of fused-ring (bicyclic) bond motifs is 3. The number of amides is 2. The topological polar surface area (TPSA) is 77.2 Å². The van der Waals surface area contributed by atoms with Crippen molar-refractivity contribution < 1.29 is 9.59 Å². The minimum absolute atomic E-state index is 0.0806. The van der Waals surface area contributed by atoms with Gasteiger partial charge in [-0.25, -0.2) is 0 Å². The van der Waals surface area contributed by atoms with Crippen LogP contribution in [-0.4, -0.2) is 47.9 Å². The fraction of sp³-hybridized carbons (Fsp3) is 0.500. The lowest BCUT2D eigenvalue weighted by Crippen LogP contribution is -2.51. The summed E-state index contributed by atoms with van der Waals surface area (Å²) in [6.07, 6.45) is 4.77. The third-order valence-electron chi connectivity index (χ3n) is 5.16. The van der Waals surface area contributed by atoms with E-state index < -0.39 is 6.04 Å². The average Bonchev–Trinajstić information content (AvgIpc) is 3.06. The van der Waals surface area contributed by atoms with E-state index in [0.29, 0.717) is 13.0 Å². The van der Waals surface area contributed by atoms with E-state index in [2.05, 4.69) is 21.7 Å². The molecule has 1 saturated heterocycles. The summed E-state index contributed by atoms with van der Waals surface area (Å²) in [5, 5.41) is 7.07. The van der Waals surface area contributed by atoms with Crippen molar-refractivity contribution in [2.45, 2.75) is 45.2 Å². The molecule has 3 N–H and O–H groups in total. The van der Waals surface area contributed by atoms with Crippen LogP contribution in [0.1, 0.15) is 37.4 Å². The summed E-state index contributed by atoms with van der Waals surface area (Å²) in [5.74, 6) is -0.195. The first-order chi connectivity index (χ1) is 12.6. The van der Waals surface area contributed by atoms with Crippen molar-refractivity contribution in [1.29, 1.82) is 0 Å². The van der Waals surface area contributed by atoms with Crippen LogP contribution in [0.4, 0.5) is 0 Å². The van der Waals surface area contributed by atoms with Crippen molar-refractivity contribution in [2.24, 2.45) is 0 Å². The normalized spacial score (nSPS) is 19.3. The molecule has 0 saturated carbocycles. The highest BCUT2D eigenvalue weighted by Gasteiger charge is 2.34. The van der Waals surface area contributed by atoms with Crippen LogP contribution < -0.4 is 10.6 Å². The molecule has 1 fully saturated rings. The van der Waals surface area contributed by atoms with Crippen molar-refractivity contribution in [3.05, 3.63) is 35.5 Å². The predicted molar refractivity (Wildman–Crippen MR) is 103 cm³/mol. The summed E-state index contributed by atoms with van der Waals surface area (Å²) < 4.78 is 0. The summed E-state index contributed by atoms with van der Waals surface area (Å²) in [5.41, 5.74) is 3.23. The molecule has 2 aliphatic rings. The molecule has 0 radical (unpaired) electrons. The molecule has 0 bridgehead atoms. The fourth-order valence-corrected chi connectivity index (χ4v) is 3.74.